The van der Waals surface area contributed by atoms with Gasteiger partial charge in [0.1, 0.15) is 0 Å². The largest absolute Gasteiger partial charge is 0.311 e. The molecule has 0 aromatic carbocycles. The molecule has 78 valence electrons. The standard InChI is InChI=1S/C10H22N2S/c1-9-8-12(5-4-6-13-3)10(2)7-11-9/h9-11H,4-8H2,1-3H3. The summed E-state index contributed by atoms with van der Waals surface area (Å²) in [4.78, 5) is 2.61. The average Bonchev–Trinajstić information content (AvgIpc) is 2.11. The van der Waals surface area contributed by atoms with Gasteiger partial charge in [-0.3, -0.25) is 4.90 Å². The van der Waals surface area contributed by atoms with Gasteiger partial charge in [0, 0.05) is 25.2 Å². The molecule has 0 aliphatic carbocycles. The lowest BCUT2D eigenvalue weighted by Gasteiger charge is -2.37. The maximum atomic E-state index is 3.51. The minimum Gasteiger partial charge on any atom is -0.311 e. The van der Waals surface area contributed by atoms with Crippen LogP contribution in [-0.4, -0.2) is 48.6 Å². The molecule has 1 fully saturated rings. The van der Waals surface area contributed by atoms with Crippen molar-refractivity contribution in [3.05, 3.63) is 0 Å². The molecule has 1 aliphatic rings. The summed E-state index contributed by atoms with van der Waals surface area (Å²) in [6.45, 7) is 8.23. The zero-order chi connectivity index (χ0) is 9.68. The van der Waals surface area contributed by atoms with E-state index in [1.807, 2.05) is 11.8 Å². The molecule has 1 saturated heterocycles. The molecular formula is C10H22N2S. The molecule has 0 bridgehead atoms. The van der Waals surface area contributed by atoms with Crippen molar-refractivity contribution in [2.45, 2.75) is 32.4 Å². The summed E-state index contributed by atoms with van der Waals surface area (Å²) in [6, 6.07) is 1.39. The number of rotatable bonds is 4. The Labute approximate surface area is 86.5 Å². The van der Waals surface area contributed by atoms with Gasteiger partial charge in [0.25, 0.3) is 0 Å². The molecule has 3 heteroatoms. The van der Waals surface area contributed by atoms with Crippen molar-refractivity contribution >= 4 is 11.8 Å². The van der Waals surface area contributed by atoms with Crippen LogP contribution in [0.2, 0.25) is 0 Å². The maximum Gasteiger partial charge on any atom is 0.0193 e. The fraction of sp³-hybridized carbons (Fsp3) is 1.00. The first kappa shape index (κ1) is 11.3. The lowest BCUT2D eigenvalue weighted by molar-refractivity contribution is 0.147. The second kappa shape index (κ2) is 5.89. The fourth-order valence-corrected chi connectivity index (χ4v) is 2.24. The van der Waals surface area contributed by atoms with Gasteiger partial charge in [-0.15, -0.1) is 0 Å². The summed E-state index contributed by atoms with van der Waals surface area (Å²) in [7, 11) is 0. The van der Waals surface area contributed by atoms with E-state index in [1.165, 1.54) is 25.3 Å². The van der Waals surface area contributed by atoms with Crippen LogP contribution in [0.1, 0.15) is 20.3 Å². The number of hydrogen-bond acceptors (Lipinski definition) is 3. The molecule has 1 N–H and O–H groups in total. The summed E-state index contributed by atoms with van der Waals surface area (Å²) < 4.78 is 0. The molecule has 1 aliphatic heterocycles. The highest BCUT2D eigenvalue weighted by Crippen LogP contribution is 2.08. The Morgan fingerprint density at radius 2 is 2.23 bits per heavy atom. The molecule has 1 heterocycles. The van der Waals surface area contributed by atoms with Crippen LogP contribution in [0.4, 0.5) is 0 Å². The third-order valence-electron chi connectivity index (χ3n) is 2.69. The van der Waals surface area contributed by atoms with Crippen LogP contribution in [-0.2, 0) is 0 Å². The van der Waals surface area contributed by atoms with Gasteiger partial charge in [-0.25, -0.2) is 0 Å². The zero-order valence-electron chi connectivity index (χ0n) is 9.05. The molecule has 0 aromatic heterocycles. The minimum atomic E-state index is 0.672. The van der Waals surface area contributed by atoms with Gasteiger partial charge in [0.2, 0.25) is 0 Å². The monoisotopic (exact) mass is 202 g/mol. The Morgan fingerprint density at radius 3 is 2.92 bits per heavy atom. The average molecular weight is 202 g/mol. The number of piperazine rings is 1. The van der Waals surface area contributed by atoms with Crippen molar-refractivity contribution in [2.24, 2.45) is 0 Å². The normalized spacial score (nSPS) is 30.7. The molecule has 2 unspecified atom stereocenters. The van der Waals surface area contributed by atoms with E-state index in [2.05, 4.69) is 30.3 Å². The highest BCUT2D eigenvalue weighted by Gasteiger charge is 2.21. The Morgan fingerprint density at radius 1 is 1.46 bits per heavy atom. The zero-order valence-corrected chi connectivity index (χ0v) is 9.86. The molecule has 1 rings (SSSR count). The van der Waals surface area contributed by atoms with Crippen molar-refractivity contribution in [1.82, 2.24) is 10.2 Å². The third kappa shape index (κ3) is 3.88. The van der Waals surface area contributed by atoms with E-state index < -0.39 is 0 Å². The Balaban J connectivity index is 2.21. The van der Waals surface area contributed by atoms with E-state index >= 15 is 0 Å². The molecule has 0 radical (unpaired) electrons. The van der Waals surface area contributed by atoms with E-state index in [-0.39, 0.29) is 0 Å². The van der Waals surface area contributed by atoms with Crippen LogP contribution in [0.3, 0.4) is 0 Å². The van der Waals surface area contributed by atoms with Crippen molar-refractivity contribution in [3.8, 4) is 0 Å². The van der Waals surface area contributed by atoms with Crippen LogP contribution in [0.5, 0.6) is 0 Å². The van der Waals surface area contributed by atoms with Gasteiger partial charge in [-0.1, -0.05) is 0 Å². The molecule has 13 heavy (non-hydrogen) atoms. The van der Waals surface area contributed by atoms with Crippen LogP contribution < -0.4 is 5.32 Å². The van der Waals surface area contributed by atoms with Crippen molar-refractivity contribution in [1.29, 1.82) is 0 Å². The summed E-state index contributed by atoms with van der Waals surface area (Å²) >= 11 is 1.95. The second-order valence-corrected chi connectivity index (χ2v) is 4.99. The van der Waals surface area contributed by atoms with Crippen LogP contribution in [0, 0.1) is 0 Å². The second-order valence-electron chi connectivity index (χ2n) is 4.00. The first-order valence-electron chi connectivity index (χ1n) is 5.20. The maximum absolute atomic E-state index is 3.51. The highest BCUT2D eigenvalue weighted by atomic mass is 32.2. The predicted molar refractivity (Wildman–Crippen MR) is 61.5 cm³/mol. The lowest BCUT2D eigenvalue weighted by Crippen LogP contribution is -2.54. The van der Waals surface area contributed by atoms with Gasteiger partial charge in [0.15, 0.2) is 0 Å². The number of hydrogen-bond donors (Lipinski definition) is 1. The summed E-state index contributed by atoms with van der Waals surface area (Å²) in [5.74, 6) is 1.30. The summed E-state index contributed by atoms with van der Waals surface area (Å²) in [6.07, 6.45) is 3.52. The van der Waals surface area contributed by atoms with E-state index in [0.29, 0.717) is 6.04 Å². The third-order valence-corrected chi connectivity index (χ3v) is 3.38. The summed E-state index contributed by atoms with van der Waals surface area (Å²) in [5, 5.41) is 3.51. The Kier molecular flexibility index (Phi) is 5.14. The Hall–Kier alpha value is 0.270. The SMILES string of the molecule is CSCCCN1CC(C)NCC1C. The molecule has 2 nitrogen and oxygen atoms in total. The van der Waals surface area contributed by atoms with E-state index in [9.17, 15) is 0 Å². The fourth-order valence-electron chi connectivity index (χ4n) is 1.82. The van der Waals surface area contributed by atoms with E-state index in [0.717, 1.165) is 12.6 Å². The number of thioether (sulfide) groups is 1. The van der Waals surface area contributed by atoms with Crippen molar-refractivity contribution in [3.63, 3.8) is 0 Å². The van der Waals surface area contributed by atoms with E-state index in [4.69, 9.17) is 0 Å². The number of nitrogens with one attached hydrogen (secondary N) is 1. The minimum absolute atomic E-state index is 0.672. The Bertz CT molecular complexity index is 141. The predicted octanol–water partition coefficient (Wildman–Crippen LogP) is 1.42. The van der Waals surface area contributed by atoms with Crippen LogP contribution in [0.15, 0.2) is 0 Å². The quantitative estimate of drug-likeness (QED) is 0.694. The molecular weight excluding hydrogens is 180 g/mol. The molecule has 0 saturated carbocycles. The topological polar surface area (TPSA) is 15.3 Å². The molecule has 2 atom stereocenters. The van der Waals surface area contributed by atoms with Gasteiger partial charge >= 0.3 is 0 Å². The lowest BCUT2D eigenvalue weighted by atomic mass is 10.1. The van der Waals surface area contributed by atoms with Crippen LogP contribution >= 0.6 is 11.8 Å². The molecule has 0 aromatic rings. The molecule has 0 spiro atoms. The van der Waals surface area contributed by atoms with Gasteiger partial charge in [-0.05, 0) is 38.8 Å². The van der Waals surface area contributed by atoms with E-state index in [1.54, 1.807) is 0 Å². The van der Waals surface area contributed by atoms with Crippen molar-refractivity contribution < 1.29 is 0 Å². The number of nitrogens with zero attached hydrogens (tertiary/aromatic N) is 1. The highest BCUT2D eigenvalue weighted by molar-refractivity contribution is 7.98. The summed E-state index contributed by atoms with van der Waals surface area (Å²) in [5.41, 5.74) is 0. The van der Waals surface area contributed by atoms with Gasteiger partial charge < -0.3 is 5.32 Å². The first-order chi connectivity index (χ1) is 6.24. The smallest absolute Gasteiger partial charge is 0.0193 e. The first-order valence-corrected chi connectivity index (χ1v) is 6.59. The molecule has 0 amide bonds. The van der Waals surface area contributed by atoms with Gasteiger partial charge in [-0.2, -0.15) is 11.8 Å². The van der Waals surface area contributed by atoms with Gasteiger partial charge in [0.05, 0.1) is 0 Å². The van der Waals surface area contributed by atoms with Crippen molar-refractivity contribution in [2.75, 3.05) is 31.6 Å². The van der Waals surface area contributed by atoms with Crippen LogP contribution in [0.25, 0.3) is 0 Å².